The summed E-state index contributed by atoms with van der Waals surface area (Å²) in [6, 6.07) is 7.88. The zero-order valence-corrected chi connectivity index (χ0v) is 11.4. The van der Waals surface area contributed by atoms with E-state index in [1.807, 2.05) is 50.6 Å². The Morgan fingerprint density at radius 1 is 1.16 bits per heavy atom. The molecule has 0 radical (unpaired) electrons. The second kappa shape index (κ2) is 6.29. The maximum atomic E-state index is 9.22. The highest BCUT2D eigenvalue weighted by molar-refractivity contribution is 5.41. The zero-order valence-electron chi connectivity index (χ0n) is 11.4. The van der Waals surface area contributed by atoms with Gasteiger partial charge in [0, 0.05) is 31.7 Å². The van der Waals surface area contributed by atoms with Crippen LogP contribution in [0.5, 0.6) is 0 Å². The lowest BCUT2D eigenvalue weighted by Gasteiger charge is -2.19. The van der Waals surface area contributed by atoms with E-state index in [2.05, 4.69) is 14.9 Å². The lowest BCUT2D eigenvalue weighted by atomic mass is 10.2. The topological polar surface area (TPSA) is 49.2 Å². The minimum Gasteiger partial charge on any atom is -0.392 e. The van der Waals surface area contributed by atoms with E-state index in [4.69, 9.17) is 0 Å². The average Bonchev–Trinajstić information content (AvgIpc) is 2.45. The van der Waals surface area contributed by atoms with E-state index in [1.165, 1.54) is 5.56 Å². The number of likely N-dealkylation sites (N-methyl/N-ethyl adjacent to an activating group) is 1. The fraction of sp³-hybridized carbons (Fsp3) is 0.333. The van der Waals surface area contributed by atoms with Gasteiger partial charge in [0.15, 0.2) is 0 Å². The maximum Gasteiger partial charge on any atom is 0.128 e. The Balaban J connectivity index is 2.03. The van der Waals surface area contributed by atoms with E-state index in [0.717, 1.165) is 30.0 Å². The molecule has 0 spiro atoms. The first kappa shape index (κ1) is 13.5. The Hall–Kier alpha value is -1.94. The van der Waals surface area contributed by atoms with Crippen molar-refractivity contribution in [3.8, 4) is 0 Å². The van der Waals surface area contributed by atoms with Crippen LogP contribution in [0.4, 0.5) is 5.82 Å². The highest BCUT2D eigenvalue weighted by Crippen LogP contribution is 2.14. The number of hydrogen-bond donors (Lipinski definition) is 1. The number of aliphatic hydroxyl groups is 1. The van der Waals surface area contributed by atoms with Gasteiger partial charge in [-0.3, -0.25) is 4.98 Å². The van der Waals surface area contributed by atoms with Crippen LogP contribution in [0.2, 0.25) is 0 Å². The molecule has 1 N–H and O–H groups in total. The highest BCUT2D eigenvalue weighted by atomic mass is 16.3. The van der Waals surface area contributed by atoms with Crippen molar-refractivity contribution in [3.63, 3.8) is 0 Å². The van der Waals surface area contributed by atoms with Crippen molar-refractivity contribution in [1.82, 2.24) is 9.97 Å². The lowest BCUT2D eigenvalue weighted by molar-refractivity contribution is 0.281. The minimum atomic E-state index is 0.0502. The van der Waals surface area contributed by atoms with Gasteiger partial charge in [-0.1, -0.05) is 0 Å². The van der Waals surface area contributed by atoms with Crippen LogP contribution in [0.3, 0.4) is 0 Å². The summed E-state index contributed by atoms with van der Waals surface area (Å²) >= 11 is 0. The number of nitrogens with zero attached hydrogens (tertiary/aromatic N) is 3. The molecule has 19 heavy (non-hydrogen) atoms. The molecule has 2 aromatic rings. The molecule has 0 fully saturated rings. The van der Waals surface area contributed by atoms with Crippen LogP contribution in [-0.4, -0.2) is 28.7 Å². The molecule has 0 amide bonds. The van der Waals surface area contributed by atoms with E-state index in [1.54, 1.807) is 0 Å². The van der Waals surface area contributed by atoms with E-state index in [9.17, 15) is 5.11 Å². The van der Waals surface area contributed by atoms with Crippen LogP contribution < -0.4 is 4.90 Å². The third-order valence-corrected chi connectivity index (χ3v) is 3.06. The normalized spacial score (nSPS) is 10.5. The van der Waals surface area contributed by atoms with Crippen molar-refractivity contribution in [1.29, 1.82) is 0 Å². The summed E-state index contributed by atoms with van der Waals surface area (Å²) < 4.78 is 0. The fourth-order valence-electron chi connectivity index (χ4n) is 1.97. The molecule has 0 atom stereocenters. The quantitative estimate of drug-likeness (QED) is 0.889. The molecule has 4 heteroatoms. The molecular formula is C15H19N3O. The summed E-state index contributed by atoms with van der Waals surface area (Å²) in [5, 5.41) is 9.22. The van der Waals surface area contributed by atoms with Gasteiger partial charge in [-0.2, -0.15) is 0 Å². The molecule has 0 aliphatic rings. The number of aliphatic hydroxyl groups excluding tert-OH is 1. The SMILES string of the molecule is Cc1cc(CO)cc(N(C)CCc2ccncc2)n1. The Morgan fingerprint density at radius 3 is 2.58 bits per heavy atom. The fourth-order valence-corrected chi connectivity index (χ4v) is 1.97. The molecule has 2 rings (SSSR count). The molecule has 0 aliphatic heterocycles. The molecule has 4 nitrogen and oxygen atoms in total. The van der Waals surface area contributed by atoms with Gasteiger partial charge in [0.2, 0.25) is 0 Å². The van der Waals surface area contributed by atoms with Crippen molar-refractivity contribution < 1.29 is 5.11 Å². The summed E-state index contributed by atoms with van der Waals surface area (Å²) in [6.45, 7) is 2.87. The molecule has 0 aromatic carbocycles. The third-order valence-electron chi connectivity index (χ3n) is 3.06. The molecule has 0 saturated heterocycles. The largest absolute Gasteiger partial charge is 0.392 e. The standard InChI is InChI=1S/C15H19N3O/c1-12-9-14(11-19)10-15(17-12)18(2)8-5-13-3-6-16-7-4-13/h3-4,6-7,9-10,19H,5,8,11H2,1-2H3. The Kier molecular flexibility index (Phi) is 4.47. The number of anilines is 1. The predicted molar refractivity (Wildman–Crippen MR) is 76.1 cm³/mol. The van der Waals surface area contributed by atoms with E-state index in [-0.39, 0.29) is 6.61 Å². The molecule has 100 valence electrons. The Morgan fingerprint density at radius 2 is 1.89 bits per heavy atom. The number of hydrogen-bond acceptors (Lipinski definition) is 4. The molecule has 0 unspecified atom stereocenters. The number of rotatable bonds is 5. The minimum absolute atomic E-state index is 0.0502. The first-order chi connectivity index (χ1) is 9.19. The van der Waals surface area contributed by atoms with Crippen LogP contribution in [-0.2, 0) is 13.0 Å². The monoisotopic (exact) mass is 257 g/mol. The van der Waals surface area contributed by atoms with Crippen molar-refractivity contribution in [3.05, 3.63) is 53.5 Å². The second-order valence-corrected chi connectivity index (χ2v) is 4.66. The van der Waals surface area contributed by atoms with Crippen molar-refractivity contribution in [2.24, 2.45) is 0 Å². The number of aromatic nitrogens is 2. The van der Waals surface area contributed by atoms with Crippen LogP contribution in [0, 0.1) is 6.92 Å². The number of pyridine rings is 2. The highest BCUT2D eigenvalue weighted by Gasteiger charge is 2.05. The Labute approximate surface area is 113 Å². The number of aryl methyl sites for hydroxylation is 1. The summed E-state index contributed by atoms with van der Waals surface area (Å²) in [5.41, 5.74) is 3.09. The molecular weight excluding hydrogens is 238 g/mol. The maximum absolute atomic E-state index is 9.22. The van der Waals surface area contributed by atoms with Gasteiger partial charge < -0.3 is 10.0 Å². The van der Waals surface area contributed by atoms with Crippen molar-refractivity contribution in [2.45, 2.75) is 20.0 Å². The van der Waals surface area contributed by atoms with E-state index in [0.29, 0.717) is 0 Å². The van der Waals surface area contributed by atoms with Crippen LogP contribution in [0.1, 0.15) is 16.8 Å². The lowest BCUT2D eigenvalue weighted by Crippen LogP contribution is -2.21. The first-order valence-corrected chi connectivity index (χ1v) is 6.37. The van der Waals surface area contributed by atoms with Gasteiger partial charge in [0.25, 0.3) is 0 Å². The second-order valence-electron chi connectivity index (χ2n) is 4.66. The van der Waals surface area contributed by atoms with Crippen molar-refractivity contribution in [2.75, 3.05) is 18.5 Å². The van der Waals surface area contributed by atoms with E-state index >= 15 is 0 Å². The summed E-state index contributed by atoms with van der Waals surface area (Å²) in [5.74, 6) is 0.901. The first-order valence-electron chi connectivity index (χ1n) is 6.37. The predicted octanol–water partition coefficient (Wildman–Crippen LogP) is 1.96. The van der Waals surface area contributed by atoms with Crippen LogP contribution >= 0.6 is 0 Å². The smallest absolute Gasteiger partial charge is 0.128 e. The molecule has 0 saturated carbocycles. The average molecular weight is 257 g/mol. The zero-order chi connectivity index (χ0) is 13.7. The van der Waals surface area contributed by atoms with Gasteiger partial charge in [-0.25, -0.2) is 4.98 Å². The van der Waals surface area contributed by atoms with E-state index < -0.39 is 0 Å². The van der Waals surface area contributed by atoms with Gasteiger partial charge in [-0.05, 0) is 48.7 Å². The summed E-state index contributed by atoms with van der Waals surface area (Å²) in [6.07, 6.45) is 4.57. The summed E-state index contributed by atoms with van der Waals surface area (Å²) in [4.78, 5) is 10.6. The third kappa shape index (κ3) is 3.76. The van der Waals surface area contributed by atoms with Gasteiger partial charge >= 0.3 is 0 Å². The Bertz CT molecular complexity index is 528. The molecule has 0 aliphatic carbocycles. The molecule has 2 aromatic heterocycles. The molecule has 2 heterocycles. The summed E-state index contributed by atoms with van der Waals surface area (Å²) in [7, 11) is 2.02. The van der Waals surface area contributed by atoms with Gasteiger partial charge in [0.05, 0.1) is 6.61 Å². The van der Waals surface area contributed by atoms with Gasteiger partial charge in [-0.15, -0.1) is 0 Å². The van der Waals surface area contributed by atoms with Crippen molar-refractivity contribution >= 4 is 5.82 Å². The van der Waals surface area contributed by atoms with Gasteiger partial charge in [0.1, 0.15) is 5.82 Å². The molecule has 0 bridgehead atoms. The van der Waals surface area contributed by atoms with Crippen LogP contribution in [0.15, 0.2) is 36.7 Å². The van der Waals surface area contributed by atoms with Crippen LogP contribution in [0.25, 0.3) is 0 Å².